The van der Waals surface area contributed by atoms with Gasteiger partial charge in [-0.1, -0.05) is 12.1 Å². The molecule has 0 radical (unpaired) electrons. The molecule has 0 atom stereocenters. The zero-order valence-electron chi connectivity index (χ0n) is 9.14. The first-order chi connectivity index (χ1) is 8.11. The van der Waals surface area contributed by atoms with Crippen LogP contribution in [0.25, 0.3) is 11.1 Å². The van der Waals surface area contributed by atoms with Gasteiger partial charge < -0.3 is 5.11 Å². The number of nitrogens with zero attached hydrogens (tertiary/aromatic N) is 1. The molecule has 0 amide bonds. The Morgan fingerprint density at radius 3 is 2.71 bits per heavy atom. The maximum absolute atomic E-state index is 13.5. The van der Waals surface area contributed by atoms with Gasteiger partial charge in [0.1, 0.15) is 11.4 Å². The lowest BCUT2D eigenvalue weighted by Gasteiger charge is -2.09. The molecule has 0 unspecified atom stereocenters. The van der Waals surface area contributed by atoms with Crippen molar-refractivity contribution in [2.75, 3.05) is 0 Å². The van der Waals surface area contributed by atoms with Crippen molar-refractivity contribution in [2.24, 2.45) is 0 Å². The summed E-state index contributed by atoms with van der Waals surface area (Å²) in [5.41, 5.74) is 1.55. The average Bonchev–Trinajstić information content (AvgIpc) is 2.28. The van der Waals surface area contributed by atoms with E-state index in [4.69, 9.17) is 5.11 Å². The number of pyridine rings is 1. The largest absolute Gasteiger partial charge is 0.478 e. The lowest BCUT2D eigenvalue weighted by Crippen LogP contribution is -2.04. The maximum Gasteiger partial charge on any atom is 0.339 e. The second-order valence-corrected chi connectivity index (χ2v) is 3.66. The van der Waals surface area contributed by atoms with E-state index in [1.54, 1.807) is 31.5 Å². The molecule has 0 aliphatic heterocycles. The summed E-state index contributed by atoms with van der Waals surface area (Å²) in [7, 11) is 0. The third kappa shape index (κ3) is 2.01. The van der Waals surface area contributed by atoms with Crippen LogP contribution < -0.4 is 0 Å². The number of hydrogen-bond donors (Lipinski definition) is 1. The highest BCUT2D eigenvalue weighted by atomic mass is 19.1. The molecule has 4 heteroatoms. The summed E-state index contributed by atoms with van der Waals surface area (Å²) in [6, 6.07) is 5.91. The predicted molar refractivity (Wildman–Crippen MR) is 61.3 cm³/mol. The molecule has 17 heavy (non-hydrogen) atoms. The van der Waals surface area contributed by atoms with Gasteiger partial charge in [-0.15, -0.1) is 0 Å². The lowest BCUT2D eigenvalue weighted by atomic mass is 9.97. The number of halogens is 1. The Hall–Kier alpha value is -2.23. The van der Waals surface area contributed by atoms with Gasteiger partial charge in [0.05, 0.1) is 0 Å². The minimum Gasteiger partial charge on any atom is -0.478 e. The molecule has 0 aliphatic carbocycles. The normalized spacial score (nSPS) is 10.2. The Labute approximate surface area is 97.6 Å². The predicted octanol–water partition coefficient (Wildman–Crippen LogP) is 2.89. The van der Waals surface area contributed by atoms with Crippen LogP contribution in [0.2, 0.25) is 0 Å². The van der Waals surface area contributed by atoms with Crippen molar-refractivity contribution in [3.8, 4) is 11.1 Å². The molecule has 3 nitrogen and oxygen atoms in total. The highest BCUT2D eigenvalue weighted by molar-refractivity contribution is 5.96. The molecule has 1 N–H and O–H groups in total. The molecule has 2 aromatic rings. The smallest absolute Gasteiger partial charge is 0.339 e. The first-order valence-electron chi connectivity index (χ1n) is 5.04. The van der Waals surface area contributed by atoms with Crippen LogP contribution in [0.3, 0.4) is 0 Å². The van der Waals surface area contributed by atoms with Crippen LogP contribution in [-0.2, 0) is 0 Å². The van der Waals surface area contributed by atoms with E-state index in [-0.39, 0.29) is 5.56 Å². The summed E-state index contributed by atoms with van der Waals surface area (Å²) < 4.78 is 13.5. The van der Waals surface area contributed by atoms with E-state index in [0.717, 1.165) is 11.6 Å². The van der Waals surface area contributed by atoms with Crippen molar-refractivity contribution in [3.63, 3.8) is 0 Å². The van der Waals surface area contributed by atoms with Gasteiger partial charge in [0.15, 0.2) is 0 Å². The summed E-state index contributed by atoms with van der Waals surface area (Å²) in [4.78, 5) is 15.0. The molecule has 1 aromatic heterocycles. The van der Waals surface area contributed by atoms with Crippen LogP contribution in [0.5, 0.6) is 0 Å². The zero-order valence-corrected chi connectivity index (χ0v) is 9.14. The fourth-order valence-electron chi connectivity index (χ4n) is 1.74. The monoisotopic (exact) mass is 231 g/mol. The number of aryl methyl sites for hydroxylation is 1. The molecule has 0 fully saturated rings. The highest BCUT2D eigenvalue weighted by Crippen LogP contribution is 2.27. The molecule has 0 spiro atoms. The van der Waals surface area contributed by atoms with E-state index in [1.807, 2.05) is 0 Å². The molecular formula is C13H10FNO2. The van der Waals surface area contributed by atoms with Crippen molar-refractivity contribution < 1.29 is 14.3 Å². The number of carboxylic acid groups (broad SMARTS) is 1. The van der Waals surface area contributed by atoms with Gasteiger partial charge in [-0.05, 0) is 35.7 Å². The molecule has 0 saturated heterocycles. The van der Waals surface area contributed by atoms with Gasteiger partial charge >= 0.3 is 5.97 Å². The third-order valence-corrected chi connectivity index (χ3v) is 2.54. The highest BCUT2D eigenvalue weighted by Gasteiger charge is 2.17. The minimum absolute atomic E-state index is 0.304. The van der Waals surface area contributed by atoms with Crippen molar-refractivity contribution in [3.05, 3.63) is 53.6 Å². The molecule has 0 saturated carbocycles. The fraction of sp³-hybridized carbons (Fsp3) is 0.0769. The Morgan fingerprint density at radius 2 is 2.06 bits per heavy atom. The van der Waals surface area contributed by atoms with Crippen molar-refractivity contribution >= 4 is 5.97 Å². The molecule has 1 heterocycles. The van der Waals surface area contributed by atoms with E-state index in [0.29, 0.717) is 11.1 Å². The number of carboxylic acids is 1. The van der Waals surface area contributed by atoms with Gasteiger partial charge in [-0.3, -0.25) is 4.98 Å². The van der Waals surface area contributed by atoms with E-state index >= 15 is 0 Å². The summed E-state index contributed by atoms with van der Waals surface area (Å²) >= 11 is 0. The van der Waals surface area contributed by atoms with Gasteiger partial charge in [0, 0.05) is 12.4 Å². The van der Waals surface area contributed by atoms with Crippen LogP contribution in [-0.4, -0.2) is 16.1 Å². The van der Waals surface area contributed by atoms with Crippen LogP contribution in [0.4, 0.5) is 4.39 Å². The van der Waals surface area contributed by atoms with Gasteiger partial charge in [0.2, 0.25) is 0 Å². The van der Waals surface area contributed by atoms with E-state index < -0.39 is 11.8 Å². The average molecular weight is 231 g/mol. The van der Waals surface area contributed by atoms with Crippen LogP contribution >= 0.6 is 0 Å². The topological polar surface area (TPSA) is 50.2 Å². The number of aromatic carboxylic acids is 1. The van der Waals surface area contributed by atoms with Gasteiger partial charge in [-0.2, -0.15) is 0 Å². The second-order valence-electron chi connectivity index (χ2n) is 3.66. The standard InChI is InChI=1S/C13H10FNO2/c1-8-7-15-6-5-9(8)10-3-2-4-11(14)12(10)13(16)17/h2-7H,1H3,(H,16,17). The molecule has 0 bridgehead atoms. The quantitative estimate of drug-likeness (QED) is 0.864. The first-order valence-corrected chi connectivity index (χ1v) is 5.04. The van der Waals surface area contributed by atoms with Gasteiger partial charge in [-0.25, -0.2) is 9.18 Å². The number of carbonyl (C=O) groups is 1. The van der Waals surface area contributed by atoms with Crippen molar-refractivity contribution in [1.82, 2.24) is 4.98 Å². The fourth-order valence-corrected chi connectivity index (χ4v) is 1.74. The Morgan fingerprint density at radius 1 is 1.29 bits per heavy atom. The number of aromatic nitrogens is 1. The van der Waals surface area contributed by atoms with Crippen LogP contribution in [0.15, 0.2) is 36.7 Å². The van der Waals surface area contributed by atoms with Crippen LogP contribution in [0.1, 0.15) is 15.9 Å². The molecule has 1 aromatic carbocycles. The van der Waals surface area contributed by atoms with Crippen LogP contribution in [0, 0.1) is 12.7 Å². The zero-order chi connectivity index (χ0) is 12.4. The Balaban J connectivity index is 2.72. The lowest BCUT2D eigenvalue weighted by molar-refractivity contribution is 0.0693. The van der Waals surface area contributed by atoms with E-state index in [1.165, 1.54) is 6.07 Å². The third-order valence-electron chi connectivity index (χ3n) is 2.54. The second kappa shape index (κ2) is 4.33. The number of benzene rings is 1. The number of hydrogen-bond acceptors (Lipinski definition) is 2. The van der Waals surface area contributed by atoms with E-state index in [9.17, 15) is 9.18 Å². The summed E-state index contributed by atoms with van der Waals surface area (Å²) in [6.45, 7) is 1.80. The maximum atomic E-state index is 13.5. The summed E-state index contributed by atoms with van der Waals surface area (Å²) in [5, 5.41) is 9.04. The molecule has 86 valence electrons. The Bertz CT molecular complexity index is 581. The summed E-state index contributed by atoms with van der Waals surface area (Å²) in [6.07, 6.45) is 3.17. The Kier molecular flexibility index (Phi) is 2.87. The minimum atomic E-state index is -1.27. The molecule has 2 rings (SSSR count). The van der Waals surface area contributed by atoms with Gasteiger partial charge in [0.25, 0.3) is 0 Å². The molecular weight excluding hydrogens is 221 g/mol. The van der Waals surface area contributed by atoms with Crippen molar-refractivity contribution in [2.45, 2.75) is 6.92 Å². The molecule has 0 aliphatic rings. The van der Waals surface area contributed by atoms with E-state index in [2.05, 4.69) is 4.98 Å². The summed E-state index contributed by atoms with van der Waals surface area (Å²) in [5.74, 6) is -2.00. The SMILES string of the molecule is Cc1cnccc1-c1cccc(F)c1C(=O)O. The number of rotatable bonds is 2. The van der Waals surface area contributed by atoms with Crippen molar-refractivity contribution in [1.29, 1.82) is 0 Å². The first kappa shape index (κ1) is 11.3.